The number of carbonyl (C=O) groups is 3. The van der Waals surface area contributed by atoms with E-state index in [1.54, 1.807) is 0 Å². The molecule has 1 atom stereocenters. The molecule has 1 unspecified atom stereocenters. The zero-order chi connectivity index (χ0) is 15.6. The molecule has 0 aliphatic carbocycles. The lowest BCUT2D eigenvalue weighted by Crippen LogP contribution is -2.36. The number of hydrogen-bond acceptors (Lipinski definition) is 3. The van der Waals surface area contributed by atoms with Crippen molar-refractivity contribution < 1.29 is 23.9 Å². The number of hydrogen-bond donors (Lipinski definition) is 2. The second-order valence-electron chi connectivity index (χ2n) is 4.62. The third-order valence-corrected chi connectivity index (χ3v) is 3.43. The number of carboxylic acid groups (broad SMARTS) is 1. The van der Waals surface area contributed by atoms with Crippen molar-refractivity contribution in [3.63, 3.8) is 0 Å². The van der Waals surface area contributed by atoms with Crippen LogP contribution in [0.25, 0.3) is 0 Å². The molecule has 2 amide bonds. The van der Waals surface area contributed by atoms with Gasteiger partial charge in [-0.2, -0.15) is 0 Å². The first kappa shape index (κ1) is 15.2. The lowest BCUT2D eigenvalue weighted by Gasteiger charge is -2.17. The van der Waals surface area contributed by atoms with E-state index in [9.17, 15) is 18.8 Å². The van der Waals surface area contributed by atoms with Crippen LogP contribution in [0.1, 0.15) is 6.42 Å². The molecule has 0 spiro atoms. The van der Waals surface area contributed by atoms with Crippen molar-refractivity contribution in [3.8, 4) is 0 Å². The van der Waals surface area contributed by atoms with Crippen LogP contribution >= 0.6 is 11.6 Å². The lowest BCUT2D eigenvalue weighted by molar-refractivity contribution is -0.138. The van der Waals surface area contributed by atoms with Gasteiger partial charge < -0.3 is 15.3 Å². The molecule has 2 N–H and O–H groups in total. The Hall–Kier alpha value is -2.15. The van der Waals surface area contributed by atoms with Gasteiger partial charge in [0.2, 0.25) is 11.8 Å². The molecule has 6 nitrogen and oxygen atoms in total. The lowest BCUT2D eigenvalue weighted by atomic mass is 10.1. The predicted molar refractivity (Wildman–Crippen MR) is 72.5 cm³/mol. The number of halogens is 2. The summed E-state index contributed by atoms with van der Waals surface area (Å²) < 4.78 is 13.4. The molecule has 0 saturated carbocycles. The molecule has 1 aliphatic rings. The van der Waals surface area contributed by atoms with E-state index in [2.05, 4.69) is 5.32 Å². The van der Waals surface area contributed by atoms with Crippen LogP contribution in [-0.4, -0.2) is 36.0 Å². The van der Waals surface area contributed by atoms with Crippen LogP contribution < -0.4 is 10.2 Å². The van der Waals surface area contributed by atoms with Crippen molar-refractivity contribution in [1.29, 1.82) is 0 Å². The summed E-state index contributed by atoms with van der Waals surface area (Å²) in [6, 6.07) is 3.94. The Balaban J connectivity index is 2.07. The molecule has 1 saturated heterocycles. The van der Waals surface area contributed by atoms with Crippen molar-refractivity contribution in [2.24, 2.45) is 5.92 Å². The quantitative estimate of drug-likeness (QED) is 0.869. The summed E-state index contributed by atoms with van der Waals surface area (Å²) in [6.07, 6.45) is -0.0459. The highest BCUT2D eigenvalue weighted by atomic mass is 35.5. The fourth-order valence-corrected chi connectivity index (χ4v) is 2.21. The van der Waals surface area contributed by atoms with Crippen molar-refractivity contribution in [2.75, 3.05) is 18.0 Å². The van der Waals surface area contributed by atoms with Crippen LogP contribution in [0.15, 0.2) is 18.2 Å². The standard InChI is InChI=1S/C13H12ClFN2O4/c14-9-2-1-8(4-10(9)15)17-6-7(3-11(17)18)13(21)16-5-12(19)20/h1-2,4,7H,3,5-6H2,(H,16,21)(H,19,20). The van der Waals surface area contributed by atoms with E-state index in [-0.39, 0.29) is 23.9 Å². The Bertz CT molecular complexity index is 608. The molecule has 8 heteroatoms. The van der Waals surface area contributed by atoms with Crippen LogP contribution in [-0.2, 0) is 14.4 Å². The second kappa shape index (κ2) is 6.09. The van der Waals surface area contributed by atoms with Gasteiger partial charge in [-0.15, -0.1) is 0 Å². The molecular formula is C13H12ClFN2O4. The van der Waals surface area contributed by atoms with Gasteiger partial charge in [0.15, 0.2) is 0 Å². The van der Waals surface area contributed by atoms with Crippen LogP contribution in [0.5, 0.6) is 0 Å². The largest absolute Gasteiger partial charge is 0.480 e. The minimum Gasteiger partial charge on any atom is -0.480 e. The SMILES string of the molecule is O=C(O)CNC(=O)C1CC(=O)N(c2ccc(Cl)c(F)c2)C1. The molecule has 0 radical (unpaired) electrons. The first-order valence-corrected chi connectivity index (χ1v) is 6.51. The molecule has 112 valence electrons. The summed E-state index contributed by atoms with van der Waals surface area (Å²) in [5.74, 6) is -3.31. The highest BCUT2D eigenvalue weighted by Gasteiger charge is 2.35. The van der Waals surface area contributed by atoms with Crippen molar-refractivity contribution in [1.82, 2.24) is 5.32 Å². The van der Waals surface area contributed by atoms with Crippen molar-refractivity contribution in [3.05, 3.63) is 29.0 Å². The van der Waals surface area contributed by atoms with Gasteiger partial charge in [0.25, 0.3) is 0 Å². The molecular weight excluding hydrogens is 303 g/mol. The van der Waals surface area contributed by atoms with E-state index in [0.717, 1.165) is 6.07 Å². The fourth-order valence-electron chi connectivity index (χ4n) is 2.09. The maximum Gasteiger partial charge on any atom is 0.322 e. The Morgan fingerprint density at radius 1 is 1.48 bits per heavy atom. The van der Waals surface area contributed by atoms with Crippen molar-refractivity contribution in [2.45, 2.75) is 6.42 Å². The first-order valence-electron chi connectivity index (χ1n) is 6.13. The number of anilines is 1. The molecule has 21 heavy (non-hydrogen) atoms. The van der Waals surface area contributed by atoms with Gasteiger partial charge in [-0.3, -0.25) is 14.4 Å². The minimum absolute atomic E-state index is 0.0459. The fraction of sp³-hybridized carbons (Fsp3) is 0.308. The molecule has 1 fully saturated rings. The summed E-state index contributed by atoms with van der Waals surface area (Å²) in [7, 11) is 0. The first-order chi connectivity index (χ1) is 9.88. The number of nitrogens with zero attached hydrogens (tertiary/aromatic N) is 1. The Kier molecular flexibility index (Phi) is 4.42. The van der Waals surface area contributed by atoms with Gasteiger partial charge in [0.05, 0.1) is 10.9 Å². The number of carbonyl (C=O) groups excluding carboxylic acids is 2. The Morgan fingerprint density at radius 2 is 2.19 bits per heavy atom. The summed E-state index contributed by atoms with van der Waals surface area (Å²) in [4.78, 5) is 35.3. The molecule has 0 bridgehead atoms. The van der Waals surface area contributed by atoms with Crippen LogP contribution in [0.4, 0.5) is 10.1 Å². The monoisotopic (exact) mass is 314 g/mol. The third-order valence-electron chi connectivity index (χ3n) is 3.12. The highest BCUT2D eigenvalue weighted by molar-refractivity contribution is 6.30. The molecule has 2 rings (SSSR count). The molecule has 1 heterocycles. The van der Waals surface area contributed by atoms with Crippen LogP contribution in [0.3, 0.4) is 0 Å². The maximum absolute atomic E-state index is 13.4. The van der Waals surface area contributed by atoms with E-state index in [0.29, 0.717) is 5.69 Å². The zero-order valence-electron chi connectivity index (χ0n) is 10.8. The minimum atomic E-state index is -1.16. The Labute approximate surface area is 124 Å². The van der Waals surface area contributed by atoms with Crippen LogP contribution in [0, 0.1) is 11.7 Å². The van der Waals surface area contributed by atoms with Gasteiger partial charge in [-0.1, -0.05) is 11.6 Å². The van der Waals surface area contributed by atoms with Gasteiger partial charge in [-0.05, 0) is 18.2 Å². The summed E-state index contributed by atoms with van der Waals surface area (Å²) >= 11 is 5.58. The zero-order valence-corrected chi connectivity index (χ0v) is 11.6. The van der Waals surface area contributed by atoms with E-state index >= 15 is 0 Å². The number of nitrogens with one attached hydrogen (secondary N) is 1. The number of amides is 2. The summed E-state index contributed by atoms with van der Waals surface area (Å²) in [5, 5.41) is 10.7. The normalized spacial score (nSPS) is 17.9. The average Bonchev–Trinajstić information content (AvgIpc) is 2.81. The topological polar surface area (TPSA) is 86.7 Å². The van der Waals surface area contributed by atoms with E-state index < -0.39 is 30.2 Å². The van der Waals surface area contributed by atoms with E-state index in [1.807, 2.05) is 0 Å². The van der Waals surface area contributed by atoms with E-state index in [1.165, 1.54) is 17.0 Å². The average molecular weight is 315 g/mol. The summed E-state index contributed by atoms with van der Waals surface area (Å²) in [5.41, 5.74) is 0.315. The van der Waals surface area contributed by atoms with Crippen molar-refractivity contribution >= 4 is 35.1 Å². The highest BCUT2D eigenvalue weighted by Crippen LogP contribution is 2.28. The number of carboxylic acids is 1. The van der Waals surface area contributed by atoms with E-state index in [4.69, 9.17) is 16.7 Å². The van der Waals surface area contributed by atoms with Crippen LogP contribution in [0.2, 0.25) is 5.02 Å². The second-order valence-corrected chi connectivity index (χ2v) is 5.02. The van der Waals surface area contributed by atoms with Gasteiger partial charge in [0, 0.05) is 18.7 Å². The maximum atomic E-state index is 13.4. The Morgan fingerprint density at radius 3 is 2.81 bits per heavy atom. The summed E-state index contributed by atoms with van der Waals surface area (Å²) in [6.45, 7) is -0.426. The third kappa shape index (κ3) is 3.49. The molecule has 1 aromatic carbocycles. The predicted octanol–water partition coefficient (Wildman–Crippen LogP) is 1.03. The molecule has 1 aliphatic heterocycles. The van der Waals surface area contributed by atoms with Gasteiger partial charge in [0.1, 0.15) is 12.4 Å². The number of benzene rings is 1. The number of rotatable bonds is 4. The number of aliphatic carboxylic acids is 1. The molecule has 0 aromatic heterocycles. The smallest absolute Gasteiger partial charge is 0.322 e. The van der Waals surface area contributed by atoms with Gasteiger partial charge in [-0.25, -0.2) is 4.39 Å². The van der Waals surface area contributed by atoms with Gasteiger partial charge >= 0.3 is 5.97 Å². The molecule has 1 aromatic rings.